The summed E-state index contributed by atoms with van der Waals surface area (Å²) in [4.78, 5) is 0. The maximum atomic E-state index is 16.4. The number of halogens is 6. The van der Waals surface area contributed by atoms with Crippen LogP contribution in [0.4, 0.5) is 26.3 Å². The fourth-order valence-electron chi connectivity index (χ4n) is 8.37. The van der Waals surface area contributed by atoms with Crippen molar-refractivity contribution in [3.63, 3.8) is 0 Å². The molecule has 254 valence electrons. The molecule has 6 heteroatoms. The lowest BCUT2D eigenvalue weighted by Gasteiger charge is -2.21. The number of alkyl halides is 3. The number of hydrogen-bond acceptors (Lipinski definition) is 0. The van der Waals surface area contributed by atoms with E-state index in [1.54, 1.807) is 36.4 Å². The molecule has 0 aromatic heterocycles. The van der Waals surface area contributed by atoms with Crippen molar-refractivity contribution in [3.8, 4) is 33.4 Å². The number of fused-ring (bicyclic) bond motifs is 3. The highest BCUT2D eigenvalue weighted by atomic mass is 19.4. The van der Waals surface area contributed by atoms with E-state index in [9.17, 15) is 17.6 Å². The molecule has 0 atom stereocenters. The summed E-state index contributed by atoms with van der Waals surface area (Å²) in [7, 11) is 0. The van der Waals surface area contributed by atoms with Gasteiger partial charge in [-0.15, -0.1) is 0 Å². The molecule has 0 aliphatic rings. The summed E-state index contributed by atoms with van der Waals surface area (Å²) < 4.78 is 87.0. The molecule has 0 radical (unpaired) electrons. The van der Waals surface area contributed by atoms with Gasteiger partial charge in [-0.3, -0.25) is 0 Å². The molecule has 0 aliphatic carbocycles. The van der Waals surface area contributed by atoms with Crippen LogP contribution in [0.15, 0.2) is 146 Å². The second kappa shape index (κ2) is 11.3. The molecule has 0 fully saturated rings. The van der Waals surface area contributed by atoms with Gasteiger partial charge in [0.05, 0.1) is 5.56 Å². The molecular formula is C47H24F6. The van der Waals surface area contributed by atoms with Gasteiger partial charge in [-0.25, -0.2) is 13.2 Å². The molecule has 10 aromatic carbocycles. The predicted octanol–water partition coefficient (Wildman–Crippen LogP) is 14.5. The first kappa shape index (κ1) is 31.3. The van der Waals surface area contributed by atoms with Crippen LogP contribution in [0.1, 0.15) is 5.56 Å². The van der Waals surface area contributed by atoms with Crippen molar-refractivity contribution in [1.29, 1.82) is 0 Å². The van der Waals surface area contributed by atoms with Crippen LogP contribution in [-0.4, -0.2) is 0 Å². The summed E-state index contributed by atoms with van der Waals surface area (Å²) in [6.07, 6.45) is -4.50. The van der Waals surface area contributed by atoms with Crippen LogP contribution in [0.3, 0.4) is 0 Å². The fourth-order valence-corrected chi connectivity index (χ4v) is 8.37. The number of rotatable bonds is 3. The normalized spacial score (nSPS) is 12.3. The molecule has 0 nitrogen and oxygen atoms in total. The quantitative estimate of drug-likeness (QED) is 0.0977. The van der Waals surface area contributed by atoms with Crippen molar-refractivity contribution < 1.29 is 26.3 Å². The molecule has 0 saturated heterocycles. The first-order valence-electron chi connectivity index (χ1n) is 17.1. The van der Waals surface area contributed by atoms with Gasteiger partial charge in [0.1, 0.15) is 17.5 Å². The van der Waals surface area contributed by atoms with E-state index in [4.69, 9.17) is 0 Å². The zero-order valence-electron chi connectivity index (χ0n) is 27.6. The van der Waals surface area contributed by atoms with Crippen LogP contribution in [0.5, 0.6) is 0 Å². The maximum absolute atomic E-state index is 16.4. The van der Waals surface area contributed by atoms with E-state index in [0.717, 1.165) is 72.1 Å². The van der Waals surface area contributed by atoms with Gasteiger partial charge in [0.15, 0.2) is 0 Å². The van der Waals surface area contributed by atoms with Gasteiger partial charge < -0.3 is 0 Å². The topological polar surface area (TPSA) is 0 Å². The zero-order valence-corrected chi connectivity index (χ0v) is 27.6. The lowest BCUT2D eigenvalue weighted by atomic mass is 9.82. The van der Waals surface area contributed by atoms with Crippen LogP contribution in [-0.2, 0) is 6.18 Å². The Morgan fingerprint density at radius 2 is 0.943 bits per heavy atom. The molecular weight excluding hydrogens is 679 g/mol. The molecule has 0 unspecified atom stereocenters. The third-order valence-corrected chi connectivity index (χ3v) is 10.6. The fraction of sp³-hybridized carbons (Fsp3) is 0.0213. The Balaban J connectivity index is 1.30. The molecule has 10 rings (SSSR count). The molecule has 0 spiro atoms. The number of benzene rings is 10. The minimum atomic E-state index is -4.50. The average Bonchev–Trinajstić information content (AvgIpc) is 3.16. The van der Waals surface area contributed by atoms with E-state index >= 15 is 8.78 Å². The highest BCUT2D eigenvalue weighted by molar-refractivity contribution is 6.31. The first-order valence-corrected chi connectivity index (χ1v) is 17.1. The molecule has 10 aromatic rings. The van der Waals surface area contributed by atoms with Crippen molar-refractivity contribution in [1.82, 2.24) is 0 Å². The van der Waals surface area contributed by atoms with Gasteiger partial charge in [0, 0.05) is 16.2 Å². The zero-order chi connectivity index (χ0) is 36.2. The molecule has 0 amide bonds. The van der Waals surface area contributed by atoms with Crippen molar-refractivity contribution in [2.45, 2.75) is 6.18 Å². The molecule has 0 N–H and O–H groups in total. The minimum absolute atomic E-state index is 0.332. The molecule has 0 saturated carbocycles. The Labute approximate surface area is 298 Å². The molecule has 0 bridgehead atoms. The average molecular weight is 703 g/mol. The van der Waals surface area contributed by atoms with E-state index in [2.05, 4.69) is 0 Å². The summed E-state index contributed by atoms with van der Waals surface area (Å²) in [5.41, 5.74) is 3.54. The maximum Gasteiger partial charge on any atom is 0.416 e. The summed E-state index contributed by atoms with van der Waals surface area (Å²) in [5, 5.41) is 8.45. The van der Waals surface area contributed by atoms with Crippen LogP contribution in [0, 0.1) is 17.5 Å². The highest BCUT2D eigenvalue weighted by Gasteiger charge is 2.30. The van der Waals surface area contributed by atoms with Gasteiger partial charge in [-0.05, 0) is 118 Å². The van der Waals surface area contributed by atoms with Gasteiger partial charge in [0.25, 0.3) is 0 Å². The predicted molar refractivity (Wildman–Crippen MR) is 204 cm³/mol. The Hall–Kier alpha value is -6.40. The smallest absolute Gasteiger partial charge is 0.207 e. The monoisotopic (exact) mass is 702 g/mol. The van der Waals surface area contributed by atoms with Crippen LogP contribution >= 0.6 is 0 Å². The van der Waals surface area contributed by atoms with Gasteiger partial charge in [-0.1, -0.05) is 109 Å². The van der Waals surface area contributed by atoms with E-state index in [1.165, 1.54) is 30.3 Å². The summed E-state index contributed by atoms with van der Waals surface area (Å²) in [5.74, 6) is -1.21. The first-order chi connectivity index (χ1) is 25.7. The Morgan fingerprint density at radius 1 is 0.358 bits per heavy atom. The lowest BCUT2D eigenvalue weighted by Crippen LogP contribution is -2.04. The Bertz CT molecular complexity index is 3120. The standard InChI is InChI=1S/C47H24F6/c48-28-15-18-37-39(23-28)43(25-9-13-27(14-10-25)47(51,52)53)33-7-3-4-8-34(33)45(37)35-19-20-38-42(50)24-40-31(16-11-26-12-17-36(35)46(38)44(26)40)30-21-22-41(49)32-6-2-1-5-29(30)32/h1-24H. The van der Waals surface area contributed by atoms with Crippen LogP contribution in [0.25, 0.3) is 98.0 Å². The second-order valence-corrected chi connectivity index (χ2v) is 13.5. The highest BCUT2D eigenvalue weighted by Crippen LogP contribution is 2.49. The van der Waals surface area contributed by atoms with Gasteiger partial charge in [0.2, 0.25) is 0 Å². The van der Waals surface area contributed by atoms with Crippen molar-refractivity contribution in [3.05, 3.63) is 169 Å². The molecule has 53 heavy (non-hydrogen) atoms. The Kier molecular flexibility index (Phi) is 6.68. The van der Waals surface area contributed by atoms with E-state index < -0.39 is 23.4 Å². The Morgan fingerprint density at radius 3 is 1.70 bits per heavy atom. The van der Waals surface area contributed by atoms with E-state index in [1.807, 2.05) is 66.7 Å². The third-order valence-electron chi connectivity index (χ3n) is 10.6. The van der Waals surface area contributed by atoms with E-state index in [0.29, 0.717) is 38.1 Å². The van der Waals surface area contributed by atoms with E-state index in [-0.39, 0.29) is 5.82 Å². The van der Waals surface area contributed by atoms with Crippen molar-refractivity contribution in [2.75, 3.05) is 0 Å². The summed E-state index contributed by atoms with van der Waals surface area (Å²) in [6, 6.07) is 40.7. The third kappa shape index (κ3) is 4.65. The summed E-state index contributed by atoms with van der Waals surface area (Å²) >= 11 is 0. The SMILES string of the molecule is Fc1ccc2c(-c3ccc4c(F)cc5c(-c6ccc(F)c7ccccc67)ccc6ccc3c4c65)c3ccccc3c(-c3ccc(C(F)(F)F)cc3)c2c1. The van der Waals surface area contributed by atoms with Crippen molar-refractivity contribution >= 4 is 64.6 Å². The summed E-state index contributed by atoms with van der Waals surface area (Å²) in [6.45, 7) is 0. The second-order valence-electron chi connectivity index (χ2n) is 13.5. The molecule has 0 aliphatic heterocycles. The largest absolute Gasteiger partial charge is 0.416 e. The molecule has 0 heterocycles. The lowest BCUT2D eigenvalue weighted by molar-refractivity contribution is -0.137. The van der Waals surface area contributed by atoms with Gasteiger partial charge in [-0.2, -0.15) is 13.2 Å². The van der Waals surface area contributed by atoms with Crippen LogP contribution < -0.4 is 0 Å². The minimum Gasteiger partial charge on any atom is -0.207 e. The van der Waals surface area contributed by atoms with Crippen molar-refractivity contribution in [2.24, 2.45) is 0 Å². The van der Waals surface area contributed by atoms with Crippen LogP contribution in [0.2, 0.25) is 0 Å². The number of hydrogen-bond donors (Lipinski definition) is 0. The van der Waals surface area contributed by atoms with Gasteiger partial charge >= 0.3 is 6.18 Å².